The van der Waals surface area contributed by atoms with Gasteiger partial charge in [0.15, 0.2) is 31.5 Å². The van der Waals surface area contributed by atoms with Crippen LogP contribution in [0.1, 0.15) is 71.9 Å². The number of aromatic nitrogens is 10. The number of unbranched alkanes of at least 4 members (excludes halogenated alkanes) is 5. The molecule has 6 aromatic carbocycles. The van der Waals surface area contributed by atoms with E-state index in [1.807, 2.05) is 54.7 Å². The maximum absolute atomic E-state index is 13.7. The number of hydroxylamine groups is 1. The van der Waals surface area contributed by atoms with Gasteiger partial charge in [-0.3, -0.25) is 34.9 Å². The SMILES string of the molecule is Cc1ccc(S(=O)(=O)Nc2ccc(NNOC(=O)Cn3nnn(-c4ccccc4)c3=S)cc2)c(C)c1N=C(O)C[n+]1cccc(CONCCCCCCCCN=C(O)c2ccc[n+](CC(=O)Nc3c(C)ccc(S(=O)(=O)Nc4ccc(NNC(=O)OCn5nnn(-c6ccccc6)c5=S)cc4)c3C)c2)c1. The summed E-state index contributed by atoms with van der Waals surface area (Å²) in [5.74, 6) is -1.53. The van der Waals surface area contributed by atoms with Crippen molar-refractivity contribution in [3.05, 3.63) is 225 Å². The first kappa shape index (κ1) is 77.0. The average molecular weight is 1520 g/mol. The number of hydrogen-bond acceptors (Lipinski definition) is 22. The molecule has 4 heterocycles. The summed E-state index contributed by atoms with van der Waals surface area (Å²) in [5, 5.41) is 40.7. The molecule has 10 N–H and O–H groups in total. The lowest BCUT2D eigenvalue weighted by molar-refractivity contribution is -0.684. The normalized spacial score (nSPS) is 11.8. The van der Waals surface area contributed by atoms with Gasteiger partial charge in [0.2, 0.25) is 28.5 Å². The smallest absolute Gasteiger partial charge is 0.427 e. The fraction of sp³-hybridized carbons (Fsp3) is 0.243. The predicted molar refractivity (Wildman–Crippen MR) is 399 cm³/mol. The first-order valence-corrected chi connectivity index (χ1v) is 37.0. The number of hydrogen-bond donors (Lipinski definition) is 10. The number of anilines is 5. The minimum Gasteiger partial charge on any atom is -0.493 e. The summed E-state index contributed by atoms with van der Waals surface area (Å²) in [5.41, 5.74) is 19.8. The molecule has 0 fully saturated rings. The van der Waals surface area contributed by atoms with Crippen molar-refractivity contribution in [2.24, 2.45) is 9.98 Å². The number of amides is 2. The number of nitrogens with one attached hydrogen (secondary N) is 8. The van der Waals surface area contributed by atoms with Crippen molar-refractivity contribution in [3.8, 4) is 11.4 Å². The molecule has 0 saturated carbocycles. The van der Waals surface area contributed by atoms with E-state index < -0.39 is 38.0 Å². The number of aliphatic hydroxyl groups excluding tert-OH is 2. The van der Waals surface area contributed by atoms with E-state index in [1.54, 1.807) is 128 Å². The zero-order valence-electron chi connectivity index (χ0n) is 58.0. The van der Waals surface area contributed by atoms with Crippen LogP contribution in [0.4, 0.5) is 38.9 Å². The molecule has 0 saturated heterocycles. The van der Waals surface area contributed by atoms with Gasteiger partial charge in [0.05, 0.1) is 50.4 Å². The zero-order valence-corrected chi connectivity index (χ0v) is 61.3. The highest BCUT2D eigenvalue weighted by Gasteiger charge is 2.25. The second-order valence-corrected chi connectivity index (χ2v) is 28.1. The van der Waals surface area contributed by atoms with E-state index in [0.717, 1.165) is 44.1 Å². The van der Waals surface area contributed by atoms with Crippen LogP contribution in [0, 0.1) is 37.2 Å². The van der Waals surface area contributed by atoms with Crippen molar-refractivity contribution in [3.63, 3.8) is 0 Å². The molecule has 32 nitrogen and oxygen atoms in total. The van der Waals surface area contributed by atoms with Crippen LogP contribution in [-0.4, -0.2) is 109 Å². The van der Waals surface area contributed by atoms with Crippen molar-refractivity contribution in [1.82, 2.24) is 56.1 Å². The van der Waals surface area contributed by atoms with Crippen molar-refractivity contribution in [2.45, 2.75) is 109 Å². The second-order valence-electron chi connectivity index (χ2n) is 24.0. The summed E-state index contributed by atoms with van der Waals surface area (Å²) < 4.78 is 74.3. The molecule has 2 amide bonds. The van der Waals surface area contributed by atoms with Crippen molar-refractivity contribution in [1.29, 1.82) is 0 Å². The number of para-hydroxylation sites is 2. The number of pyridine rings is 2. The zero-order chi connectivity index (χ0) is 75.2. The maximum atomic E-state index is 13.7. The minimum atomic E-state index is -4.15. The number of ether oxygens (including phenoxy) is 1. The van der Waals surface area contributed by atoms with Gasteiger partial charge in [-0.25, -0.2) is 47.0 Å². The van der Waals surface area contributed by atoms with E-state index >= 15 is 0 Å². The highest BCUT2D eigenvalue weighted by Crippen LogP contribution is 2.32. The molecule has 36 heteroatoms. The van der Waals surface area contributed by atoms with Crippen molar-refractivity contribution < 1.29 is 65.0 Å². The quantitative estimate of drug-likeness (QED) is 0.00436. The topological polar surface area (TPSA) is 388 Å². The predicted octanol–water partition coefficient (Wildman–Crippen LogP) is 9.40. The first-order valence-electron chi connectivity index (χ1n) is 33.2. The molecule has 0 bridgehead atoms. The Kier molecular flexibility index (Phi) is 26.6. The standard InChI is InChI=1S/C70H76N20O12S4/c1-48-25-35-60(106(98,99)79-57-33-29-55(30-34-57)76-84-102-64(93)45-87-69(103)89(82-80-87)58-21-11-9-12-22-58)50(3)65(48)73-62(91)43-85-39-17-19-52(41-85)46-101-72-38-16-8-6-5-7-15-37-71-67(94)53-20-18-40-86(42-53)44-63(92)74-66-49(2)26-36-61(51(66)4)105(96,97)78-56-31-27-54(28-32-56)75-77-68(95)100-47-88-70(104)90(83-81-88)59-23-13-10-14-24-59/h9-14,17-36,39-42,72,84H,5-8,15-16,37-38,43-47H2,1-4H3,(H6-2,71,73,74,75,76,77,78,79,80,81,82,83,91,92,94,95)/p+2. The minimum absolute atomic E-state index is 0.00515. The molecule has 4 aromatic heterocycles. The number of hydrazine groups is 2. The number of carbonyl (C=O) groups is 3. The Balaban J connectivity index is 0.584. The summed E-state index contributed by atoms with van der Waals surface area (Å²) in [7, 11) is -8.27. The Bertz CT molecular complexity index is 5160. The molecule has 10 rings (SSSR count). The third kappa shape index (κ3) is 21.5. The van der Waals surface area contributed by atoms with Crippen LogP contribution < -0.4 is 51.2 Å². The number of carbonyl (C=O) groups excluding carboxylic acids is 3. The number of rotatable bonds is 36. The van der Waals surface area contributed by atoms with E-state index in [0.29, 0.717) is 75.0 Å². The molecule has 106 heavy (non-hydrogen) atoms. The molecule has 0 spiro atoms. The average Bonchev–Trinajstić information content (AvgIpc) is 1.11. The van der Waals surface area contributed by atoms with E-state index in [1.165, 1.54) is 55.1 Å². The Morgan fingerprint density at radius 1 is 0.585 bits per heavy atom. The Hall–Kier alpha value is -11.7. The van der Waals surface area contributed by atoms with Gasteiger partial charge in [-0.15, -0.1) is 0 Å². The maximum Gasteiger partial charge on any atom is 0.427 e. The third-order valence-corrected chi connectivity index (χ3v) is 19.9. The van der Waals surface area contributed by atoms with Crippen molar-refractivity contribution >= 4 is 108 Å². The molecular formula is C70H78N20O12S4+2. The van der Waals surface area contributed by atoms with Gasteiger partial charge < -0.3 is 25.1 Å². The summed E-state index contributed by atoms with van der Waals surface area (Å²) >= 11 is 10.8. The van der Waals surface area contributed by atoms with E-state index in [9.17, 15) is 41.4 Å². The van der Waals surface area contributed by atoms with Gasteiger partial charge >= 0.3 is 12.1 Å². The number of benzene rings is 6. The van der Waals surface area contributed by atoms with Gasteiger partial charge in [0.1, 0.15) is 6.54 Å². The molecule has 0 aliphatic carbocycles. The summed E-state index contributed by atoms with van der Waals surface area (Å²) in [6.07, 6.45) is 11.6. The van der Waals surface area contributed by atoms with E-state index in [-0.39, 0.29) is 75.5 Å². The lowest BCUT2D eigenvalue weighted by Crippen LogP contribution is -2.40. The molecule has 552 valence electrons. The van der Waals surface area contributed by atoms with Crippen LogP contribution in [0.2, 0.25) is 0 Å². The fourth-order valence-electron chi connectivity index (χ4n) is 10.7. The second kappa shape index (κ2) is 36.7. The van der Waals surface area contributed by atoms with Crippen molar-refractivity contribution in [2.75, 3.05) is 38.7 Å². The molecule has 0 atom stereocenters. The summed E-state index contributed by atoms with van der Waals surface area (Å²) in [6.45, 7) is 7.33. The van der Waals surface area contributed by atoms with Crippen LogP contribution >= 0.6 is 24.4 Å². The number of aliphatic imine (C=N–C) groups is 2. The Morgan fingerprint density at radius 3 is 1.79 bits per heavy atom. The number of aliphatic hydroxyl groups is 2. The Labute approximate surface area is 620 Å². The molecule has 10 aromatic rings. The number of tetrazole rings is 2. The highest BCUT2D eigenvalue weighted by molar-refractivity contribution is 7.93. The van der Waals surface area contributed by atoms with Gasteiger partial charge in [0, 0.05) is 47.8 Å². The molecule has 0 aliphatic heterocycles. The lowest BCUT2D eigenvalue weighted by atomic mass is 10.1. The van der Waals surface area contributed by atoms with Crippen LogP contribution in [0.5, 0.6) is 0 Å². The van der Waals surface area contributed by atoms with Gasteiger partial charge in [-0.2, -0.15) is 23.2 Å². The summed E-state index contributed by atoms with van der Waals surface area (Å²) in [6, 6.07) is 43.8. The largest absolute Gasteiger partial charge is 0.493 e. The fourth-order valence-corrected chi connectivity index (χ4v) is 13.8. The molecule has 0 aliphatic rings. The van der Waals surface area contributed by atoms with Crippen LogP contribution in [0.15, 0.2) is 202 Å². The van der Waals surface area contributed by atoms with Crippen LogP contribution in [0.25, 0.3) is 11.4 Å². The van der Waals surface area contributed by atoms with Gasteiger partial charge in [-0.1, -0.05) is 79.8 Å². The molecule has 0 unspecified atom stereocenters. The number of nitrogens with zero attached hydrogens (tertiary/aromatic N) is 12. The van der Waals surface area contributed by atoms with E-state index in [2.05, 4.69) is 72.9 Å². The number of aryl methyl sites for hydroxylation is 2. The highest BCUT2D eigenvalue weighted by atomic mass is 32.2. The molecular weight excluding hydrogens is 1440 g/mol. The third-order valence-electron chi connectivity index (χ3n) is 16.1. The Morgan fingerprint density at radius 2 is 1.14 bits per heavy atom. The van der Waals surface area contributed by atoms with Gasteiger partial charge in [-0.05, 0) is 205 Å². The van der Waals surface area contributed by atoms with Gasteiger partial charge in [0.25, 0.3) is 31.9 Å². The summed E-state index contributed by atoms with van der Waals surface area (Å²) in [4.78, 5) is 58.0. The van der Waals surface area contributed by atoms with Crippen LogP contribution in [0.3, 0.4) is 0 Å². The lowest BCUT2D eigenvalue weighted by Gasteiger charge is -2.16. The molecule has 0 radical (unpaired) electrons. The monoisotopic (exact) mass is 1520 g/mol. The first-order chi connectivity index (χ1) is 51.1. The number of sulfonamides is 2. The van der Waals surface area contributed by atoms with E-state index in [4.69, 9.17) is 38.8 Å². The van der Waals surface area contributed by atoms with Crippen LogP contribution in [-0.2, 0) is 77.0 Å².